The van der Waals surface area contributed by atoms with E-state index in [4.69, 9.17) is 23.2 Å². The Morgan fingerprint density at radius 2 is 2.19 bits per heavy atom. The fourth-order valence-corrected chi connectivity index (χ4v) is 1.97. The number of nitrogens with one attached hydrogen (secondary N) is 1. The van der Waals surface area contributed by atoms with Gasteiger partial charge in [0, 0.05) is 16.6 Å². The first kappa shape index (κ1) is 11.4. The number of benzene rings is 1. The molecule has 6 heteroatoms. The van der Waals surface area contributed by atoms with Crippen molar-refractivity contribution < 1.29 is 4.79 Å². The Morgan fingerprint density at radius 3 is 2.88 bits per heavy atom. The fourth-order valence-electron chi connectivity index (χ4n) is 1.10. The van der Waals surface area contributed by atoms with Crippen LogP contribution in [0.5, 0.6) is 0 Å². The maximum atomic E-state index is 11.7. The molecule has 0 saturated heterocycles. The minimum Gasteiger partial charge on any atom is -0.319 e. The second-order valence-electron chi connectivity index (χ2n) is 2.92. The van der Waals surface area contributed by atoms with Crippen LogP contribution in [0.15, 0.2) is 29.8 Å². The van der Waals surface area contributed by atoms with Gasteiger partial charge < -0.3 is 5.32 Å². The van der Waals surface area contributed by atoms with Crippen molar-refractivity contribution in [2.45, 2.75) is 0 Å². The molecule has 2 aromatic rings. The predicted octanol–water partition coefficient (Wildman–Crippen LogP) is 3.70. The van der Waals surface area contributed by atoms with Crippen LogP contribution in [0.25, 0.3) is 0 Å². The summed E-state index contributed by atoms with van der Waals surface area (Å²) in [4.78, 5) is 15.6. The van der Waals surface area contributed by atoms with Gasteiger partial charge in [-0.25, -0.2) is 4.98 Å². The summed E-state index contributed by atoms with van der Waals surface area (Å²) >= 11 is 13.0. The zero-order valence-electron chi connectivity index (χ0n) is 7.91. The van der Waals surface area contributed by atoms with E-state index in [1.165, 1.54) is 11.3 Å². The average molecular weight is 273 g/mol. The summed E-state index contributed by atoms with van der Waals surface area (Å²) in [5.74, 6) is -0.292. The number of hydrogen-bond donors (Lipinski definition) is 1. The fraction of sp³-hybridized carbons (Fsp3) is 0. The molecule has 0 spiro atoms. The Bertz CT molecular complexity index is 514. The number of aromatic nitrogens is 1. The van der Waals surface area contributed by atoms with E-state index in [0.29, 0.717) is 20.7 Å². The summed E-state index contributed by atoms with van der Waals surface area (Å²) in [7, 11) is 0. The molecule has 2 rings (SSSR count). The summed E-state index contributed by atoms with van der Waals surface area (Å²) in [5, 5.41) is 5.71. The van der Waals surface area contributed by atoms with Crippen molar-refractivity contribution in [2.75, 3.05) is 5.32 Å². The highest BCUT2D eigenvalue weighted by Gasteiger charge is 2.10. The van der Waals surface area contributed by atoms with E-state index in [9.17, 15) is 4.79 Å². The normalized spacial score (nSPS) is 10.1. The Kier molecular flexibility index (Phi) is 3.43. The standard InChI is InChI=1S/C10H6Cl2N2OS/c11-6-1-2-7(12)8(5-6)14-9(15)10-13-3-4-16-10/h1-5H,(H,14,15). The molecule has 1 aromatic carbocycles. The van der Waals surface area contributed by atoms with Crippen molar-refractivity contribution in [3.8, 4) is 0 Å². The van der Waals surface area contributed by atoms with Gasteiger partial charge in [-0.3, -0.25) is 4.79 Å². The predicted molar refractivity (Wildman–Crippen MR) is 66.5 cm³/mol. The number of amides is 1. The minimum atomic E-state index is -0.292. The van der Waals surface area contributed by atoms with E-state index in [2.05, 4.69) is 10.3 Å². The molecular weight excluding hydrogens is 267 g/mol. The molecule has 3 nitrogen and oxygen atoms in total. The van der Waals surface area contributed by atoms with Crippen LogP contribution in [-0.4, -0.2) is 10.9 Å². The van der Waals surface area contributed by atoms with Crippen molar-refractivity contribution in [1.82, 2.24) is 4.98 Å². The van der Waals surface area contributed by atoms with Gasteiger partial charge in [0.1, 0.15) is 0 Å². The van der Waals surface area contributed by atoms with Crippen molar-refractivity contribution >= 4 is 46.1 Å². The Labute approximate surface area is 106 Å². The number of carbonyl (C=O) groups excluding carboxylic acids is 1. The van der Waals surface area contributed by atoms with E-state index >= 15 is 0 Å². The molecule has 1 heterocycles. The SMILES string of the molecule is O=C(Nc1cc(Cl)ccc1Cl)c1nccs1. The van der Waals surface area contributed by atoms with Crippen LogP contribution in [0.3, 0.4) is 0 Å². The molecule has 0 saturated carbocycles. The van der Waals surface area contributed by atoms with Gasteiger partial charge in [0.05, 0.1) is 10.7 Å². The molecule has 0 bridgehead atoms. The molecule has 16 heavy (non-hydrogen) atoms. The molecule has 0 fully saturated rings. The van der Waals surface area contributed by atoms with Crippen molar-refractivity contribution in [1.29, 1.82) is 0 Å². The molecule has 1 N–H and O–H groups in total. The quantitative estimate of drug-likeness (QED) is 0.906. The number of halogens is 2. The van der Waals surface area contributed by atoms with E-state index in [1.54, 1.807) is 29.8 Å². The van der Waals surface area contributed by atoms with Crippen LogP contribution in [0.1, 0.15) is 9.80 Å². The lowest BCUT2D eigenvalue weighted by Crippen LogP contribution is -2.11. The summed E-state index contributed by atoms with van der Waals surface area (Å²) in [5.41, 5.74) is 0.481. The minimum absolute atomic E-state index is 0.292. The topological polar surface area (TPSA) is 42.0 Å². The third-order valence-electron chi connectivity index (χ3n) is 1.80. The van der Waals surface area contributed by atoms with Crippen molar-refractivity contribution in [3.05, 3.63) is 44.8 Å². The van der Waals surface area contributed by atoms with Gasteiger partial charge in [-0.2, -0.15) is 0 Å². The van der Waals surface area contributed by atoms with Crippen LogP contribution in [0.4, 0.5) is 5.69 Å². The largest absolute Gasteiger partial charge is 0.319 e. The van der Waals surface area contributed by atoms with Crippen LogP contribution >= 0.6 is 34.5 Å². The van der Waals surface area contributed by atoms with Crippen LogP contribution in [-0.2, 0) is 0 Å². The van der Waals surface area contributed by atoms with Gasteiger partial charge in [-0.1, -0.05) is 23.2 Å². The second kappa shape index (κ2) is 4.82. The van der Waals surface area contributed by atoms with Gasteiger partial charge in [0.2, 0.25) is 0 Å². The first-order chi connectivity index (χ1) is 7.66. The molecule has 0 unspecified atom stereocenters. The van der Waals surface area contributed by atoms with Crippen LogP contribution in [0, 0.1) is 0 Å². The van der Waals surface area contributed by atoms with E-state index in [1.807, 2.05) is 0 Å². The number of carbonyl (C=O) groups is 1. The smallest absolute Gasteiger partial charge is 0.284 e. The van der Waals surface area contributed by atoms with Crippen molar-refractivity contribution in [2.24, 2.45) is 0 Å². The molecule has 1 amide bonds. The van der Waals surface area contributed by atoms with E-state index < -0.39 is 0 Å². The second-order valence-corrected chi connectivity index (χ2v) is 4.65. The third kappa shape index (κ3) is 2.52. The Hall–Kier alpha value is -1.10. The van der Waals surface area contributed by atoms with Gasteiger partial charge in [-0.15, -0.1) is 11.3 Å². The molecule has 1 aromatic heterocycles. The highest BCUT2D eigenvalue weighted by Crippen LogP contribution is 2.25. The van der Waals surface area contributed by atoms with Gasteiger partial charge in [0.15, 0.2) is 5.01 Å². The van der Waals surface area contributed by atoms with E-state index in [0.717, 1.165) is 0 Å². The van der Waals surface area contributed by atoms with Crippen molar-refractivity contribution in [3.63, 3.8) is 0 Å². The molecule has 0 aliphatic heterocycles. The maximum absolute atomic E-state index is 11.7. The maximum Gasteiger partial charge on any atom is 0.284 e. The molecule has 82 valence electrons. The van der Waals surface area contributed by atoms with Crippen LogP contribution in [0.2, 0.25) is 10.0 Å². The lowest BCUT2D eigenvalue weighted by molar-refractivity contribution is 0.102. The number of hydrogen-bond acceptors (Lipinski definition) is 3. The number of anilines is 1. The Morgan fingerprint density at radius 1 is 1.38 bits per heavy atom. The lowest BCUT2D eigenvalue weighted by Gasteiger charge is -2.05. The molecule has 0 aliphatic carbocycles. The highest BCUT2D eigenvalue weighted by atomic mass is 35.5. The average Bonchev–Trinajstić information content (AvgIpc) is 2.76. The lowest BCUT2D eigenvalue weighted by atomic mass is 10.3. The zero-order valence-corrected chi connectivity index (χ0v) is 10.2. The number of nitrogens with zero attached hydrogens (tertiary/aromatic N) is 1. The zero-order chi connectivity index (χ0) is 11.5. The summed E-state index contributed by atoms with van der Waals surface area (Å²) in [6.45, 7) is 0. The summed E-state index contributed by atoms with van der Waals surface area (Å²) in [6, 6.07) is 4.87. The highest BCUT2D eigenvalue weighted by molar-refractivity contribution is 7.11. The van der Waals surface area contributed by atoms with Crippen LogP contribution < -0.4 is 5.32 Å². The van der Waals surface area contributed by atoms with Gasteiger partial charge >= 0.3 is 0 Å². The van der Waals surface area contributed by atoms with Gasteiger partial charge in [0.25, 0.3) is 5.91 Å². The first-order valence-corrected chi connectivity index (χ1v) is 5.96. The number of thiazole rings is 1. The number of rotatable bonds is 2. The molecule has 0 aliphatic rings. The summed E-state index contributed by atoms with van der Waals surface area (Å²) < 4.78 is 0. The molecule has 0 radical (unpaired) electrons. The molecule has 0 atom stereocenters. The molecular formula is C10H6Cl2N2OS. The Balaban J connectivity index is 2.21. The van der Waals surface area contributed by atoms with Gasteiger partial charge in [-0.05, 0) is 18.2 Å². The summed E-state index contributed by atoms with van der Waals surface area (Å²) in [6.07, 6.45) is 1.57. The first-order valence-electron chi connectivity index (χ1n) is 4.33. The van der Waals surface area contributed by atoms with E-state index in [-0.39, 0.29) is 5.91 Å². The monoisotopic (exact) mass is 272 g/mol. The third-order valence-corrected chi connectivity index (χ3v) is 3.14.